The highest BCUT2D eigenvalue weighted by molar-refractivity contribution is 6.35. The topological polar surface area (TPSA) is 56.5 Å². The number of fused-ring (bicyclic) bond motifs is 1. The van der Waals surface area contributed by atoms with Crippen molar-refractivity contribution >= 4 is 34.3 Å². The summed E-state index contributed by atoms with van der Waals surface area (Å²) in [5, 5.41) is 1.21. The van der Waals surface area contributed by atoms with Gasteiger partial charge in [0.2, 0.25) is 0 Å². The first-order chi connectivity index (χ1) is 9.51. The van der Waals surface area contributed by atoms with Gasteiger partial charge in [0.1, 0.15) is 5.76 Å². The average molecular weight is 293 g/mol. The third kappa shape index (κ3) is 2.10. The van der Waals surface area contributed by atoms with Crippen LogP contribution in [-0.2, 0) is 9.53 Å². The Hall–Kier alpha value is -1.81. The minimum Gasteiger partial charge on any atom is -0.469 e. The van der Waals surface area contributed by atoms with E-state index in [1.807, 2.05) is 13.0 Å². The first-order valence-electron chi connectivity index (χ1n) is 6.33. The van der Waals surface area contributed by atoms with Gasteiger partial charge in [0, 0.05) is 16.9 Å². The molecule has 104 valence electrons. The molecule has 1 aliphatic carbocycles. The number of carbonyl (C=O) groups excluding carboxylic acids is 2. The Morgan fingerprint density at radius 1 is 1.30 bits per heavy atom. The summed E-state index contributed by atoms with van der Waals surface area (Å²) in [6.45, 7) is 1.83. The van der Waals surface area contributed by atoms with Gasteiger partial charge in [0.25, 0.3) is 0 Å². The minimum absolute atomic E-state index is 0.0666. The number of furan rings is 1. The van der Waals surface area contributed by atoms with Gasteiger partial charge >= 0.3 is 5.97 Å². The molecule has 1 aromatic heterocycles. The molecule has 0 aliphatic heterocycles. The first kappa shape index (κ1) is 13.2. The third-order valence-corrected chi connectivity index (χ3v) is 3.89. The lowest BCUT2D eigenvalue weighted by Gasteiger charge is -2.02. The molecule has 0 spiro atoms. The van der Waals surface area contributed by atoms with E-state index in [1.165, 1.54) is 7.11 Å². The molecule has 0 bridgehead atoms. The van der Waals surface area contributed by atoms with Gasteiger partial charge in [-0.15, -0.1) is 0 Å². The summed E-state index contributed by atoms with van der Waals surface area (Å²) in [6, 6.07) is 5.19. The zero-order valence-corrected chi connectivity index (χ0v) is 11.9. The molecular formula is C15H13ClO4. The van der Waals surface area contributed by atoms with Crippen LogP contribution < -0.4 is 0 Å². The molecule has 0 unspecified atom stereocenters. The summed E-state index contributed by atoms with van der Waals surface area (Å²) in [5.41, 5.74) is 1.10. The molecular weight excluding hydrogens is 280 g/mol. The van der Waals surface area contributed by atoms with Crippen LogP contribution in [0.5, 0.6) is 0 Å². The first-order valence-corrected chi connectivity index (χ1v) is 6.71. The van der Waals surface area contributed by atoms with Crippen LogP contribution in [0.2, 0.25) is 5.02 Å². The van der Waals surface area contributed by atoms with Crippen LogP contribution in [-0.4, -0.2) is 18.9 Å². The maximum Gasteiger partial charge on any atom is 0.309 e. The van der Waals surface area contributed by atoms with Crippen LogP contribution in [0.1, 0.15) is 22.5 Å². The number of hydrogen-bond donors (Lipinski definition) is 0. The Morgan fingerprint density at radius 2 is 2.05 bits per heavy atom. The van der Waals surface area contributed by atoms with E-state index in [4.69, 9.17) is 16.0 Å². The highest BCUT2D eigenvalue weighted by atomic mass is 35.5. The highest BCUT2D eigenvalue weighted by Gasteiger charge is 2.49. The smallest absolute Gasteiger partial charge is 0.309 e. The van der Waals surface area contributed by atoms with Gasteiger partial charge in [-0.05, 0) is 31.5 Å². The number of aryl methyl sites for hydroxylation is 1. The largest absolute Gasteiger partial charge is 0.469 e. The number of Topliss-reactive ketones (excluding diaryl/α,β-unsaturated/α-hetero) is 1. The summed E-state index contributed by atoms with van der Waals surface area (Å²) < 4.78 is 10.1. The van der Waals surface area contributed by atoms with Gasteiger partial charge in [0.15, 0.2) is 11.4 Å². The second-order valence-electron chi connectivity index (χ2n) is 5.07. The number of benzene rings is 1. The maximum absolute atomic E-state index is 12.3. The van der Waals surface area contributed by atoms with Gasteiger partial charge in [-0.25, -0.2) is 0 Å². The van der Waals surface area contributed by atoms with Crippen LogP contribution in [0.4, 0.5) is 0 Å². The molecule has 0 amide bonds. The second-order valence-corrected chi connectivity index (χ2v) is 5.48. The normalized spacial score (nSPS) is 20.9. The minimum atomic E-state index is -0.324. The van der Waals surface area contributed by atoms with E-state index in [9.17, 15) is 9.59 Å². The standard InChI is InChI=1S/C15H13ClO4/c1-7-3-9-4-8(5-12(16)14(9)20-7)13(17)10-6-11(10)15(18)19-2/h3-5,10-11H,6H2,1-2H3/t10-,11-/m0/s1. The van der Waals surface area contributed by atoms with Gasteiger partial charge in [-0.1, -0.05) is 11.6 Å². The van der Waals surface area contributed by atoms with Gasteiger partial charge in [0.05, 0.1) is 18.1 Å². The van der Waals surface area contributed by atoms with Crippen molar-refractivity contribution in [3.05, 3.63) is 34.5 Å². The zero-order chi connectivity index (χ0) is 14.4. The fraction of sp³-hybridized carbons (Fsp3) is 0.333. The molecule has 1 aromatic carbocycles. The fourth-order valence-electron chi connectivity index (χ4n) is 2.49. The van der Waals surface area contributed by atoms with Gasteiger partial charge in [-0.3, -0.25) is 9.59 Å². The summed E-state index contributed by atoms with van der Waals surface area (Å²) >= 11 is 6.13. The summed E-state index contributed by atoms with van der Waals surface area (Å²) in [5.74, 6) is -0.250. The summed E-state index contributed by atoms with van der Waals surface area (Å²) in [6.07, 6.45) is 0.547. The van der Waals surface area contributed by atoms with Crippen molar-refractivity contribution in [1.29, 1.82) is 0 Å². The van der Waals surface area contributed by atoms with Crippen molar-refractivity contribution in [1.82, 2.24) is 0 Å². The van der Waals surface area contributed by atoms with E-state index >= 15 is 0 Å². The Bertz CT molecular complexity index is 716. The van der Waals surface area contributed by atoms with Crippen LogP contribution in [0.15, 0.2) is 22.6 Å². The second kappa shape index (κ2) is 4.63. The van der Waals surface area contributed by atoms with Crippen molar-refractivity contribution in [2.45, 2.75) is 13.3 Å². The van der Waals surface area contributed by atoms with Gasteiger partial charge < -0.3 is 9.15 Å². The predicted molar refractivity (Wildman–Crippen MR) is 73.9 cm³/mol. The van der Waals surface area contributed by atoms with Crippen molar-refractivity contribution in [3.8, 4) is 0 Å². The molecule has 0 radical (unpaired) electrons. The quantitative estimate of drug-likeness (QED) is 0.643. The van der Waals surface area contributed by atoms with Crippen LogP contribution in [0.25, 0.3) is 11.0 Å². The Kier molecular flexibility index (Phi) is 3.05. The third-order valence-electron chi connectivity index (χ3n) is 3.61. The molecule has 1 aliphatic rings. The lowest BCUT2D eigenvalue weighted by molar-refractivity contribution is -0.142. The van der Waals surface area contributed by atoms with Crippen molar-refractivity contribution in [3.63, 3.8) is 0 Å². The fourth-order valence-corrected chi connectivity index (χ4v) is 2.76. The van der Waals surface area contributed by atoms with E-state index in [0.717, 1.165) is 11.1 Å². The molecule has 1 saturated carbocycles. The number of esters is 1. The summed E-state index contributed by atoms with van der Waals surface area (Å²) in [7, 11) is 1.33. The Labute approximate surface area is 120 Å². The summed E-state index contributed by atoms with van der Waals surface area (Å²) in [4.78, 5) is 23.7. The van der Waals surface area contributed by atoms with Crippen molar-refractivity contribution < 1.29 is 18.7 Å². The van der Waals surface area contributed by atoms with Crippen molar-refractivity contribution in [2.24, 2.45) is 11.8 Å². The number of ether oxygens (including phenoxy) is 1. The number of hydrogen-bond acceptors (Lipinski definition) is 4. The molecule has 5 heteroatoms. The van der Waals surface area contributed by atoms with E-state index in [0.29, 0.717) is 22.6 Å². The zero-order valence-electron chi connectivity index (χ0n) is 11.1. The average Bonchev–Trinajstić information content (AvgIpc) is 3.12. The number of ketones is 1. The Morgan fingerprint density at radius 3 is 2.75 bits per heavy atom. The molecule has 2 atom stereocenters. The lowest BCUT2D eigenvalue weighted by atomic mass is 10.0. The highest BCUT2D eigenvalue weighted by Crippen LogP contribution is 2.42. The maximum atomic E-state index is 12.3. The van der Waals surface area contributed by atoms with Gasteiger partial charge in [-0.2, -0.15) is 0 Å². The monoisotopic (exact) mass is 292 g/mol. The molecule has 4 nitrogen and oxygen atoms in total. The number of methoxy groups -OCH3 is 1. The SMILES string of the molecule is COC(=O)[C@H]1C[C@@H]1C(=O)c1cc(Cl)c2oc(C)cc2c1. The van der Waals surface area contributed by atoms with Crippen LogP contribution >= 0.6 is 11.6 Å². The lowest BCUT2D eigenvalue weighted by Crippen LogP contribution is -2.10. The van der Waals surface area contributed by atoms with Crippen LogP contribution in [0.3, 0.4) is 0 Å². The molecule has 20 heavy (non-hydrogen) atoms. The van der Waals surface area contributed by atoms with Crippen LogP contribution in [0, 0.1) is 18.8 Å². The molecule has 2 aromatic rings. The number of rotatable bonds is 3. The van der Waals surface area contributed by atoms with Crippen molar-refractivity contribution in [2.75, 3.05) is 7.11 Å². The van der Waals surface area contributed by atoms with E-state index < -0.39 is 0 Å². The van der Waals surface area contributed by atoms with E-state index in [2.05, 4.69) is 4.74 Å². The number of halogens is 1. The number of carbonyl (C=O) groups is 2. The van der Waals surface area contributed by atoms with E-state index in [-0.39, 0.29) is 23.6 Å². The predicted octanol–water partition coefficient (Wildman–Crippen LogP) is 3.39. The van der Waals surface area contributed by atoms with E-state index in [1.54, 1.807) is 12.1 Å². The Balaban J connectivity index is 1.91. The molecule has 0 N–H and O–H groups in total. The molecule has 3 rings (SSSR count). The molecule has 1 heterocycles. The molecule has 0 saturated heterocycles. The molecule has 1 fully saturated rings.